The lowest BCUT2D eigenvalue weighted by Crippen LogP contribution is -2.12. The van der Waals surface area contributed by atoms with Crippen LogP contribution in [0.2, 0.25) is 0 Å². The van der Waals surface area contributed by atoms with Gasteiger partial charge < -0.3 is 37.6 Å². The maximum Gasteiger partial charge on any atom is 0.335 e. The van der Waals surface area contributed by atoms with Crippen LogP contribution < -0.4 is 17.2 Å². The summed E-state index contributed by atoms with van der Waals surface area (Å²) in [5, 5.41) is 43.3. The lowest BCUT2D eigenvalue weighted by Gasteiger charge is -2.22. The zero-order valence-corrected chi connectivity index (χ0v) is 32.5. The van der Waals surface area contributed by atoms with E-state index in [1.807, 2.05) is 45.0 Å². The van der Waals surface area contributed by atoms with Crippen molar-refractivity contribution in [3.05, 3.63) is 106 Å². The van der Waals surface area contributed by atoms with E-state index in [-0.39, 0.29) is 39.7 Å². The molecule has 53 heavy (non-hydrogen) atoms. The van der Waals surface area contributed by atoms with Crippen molar-refractivity contribution in [1.82, 2.24) is 0 Å². The van der Waals surface area contributed by atoms with Gasteiger partial charge in [0.25, 0.3) is 0 Å². The monoisotopic (exact) mass is 756 g/mol. The maximum atomic E-state index is 11.6. The smallest absolute Gasteiger partial charge is 0.335 e. The second-order valence-electron chi connectivity index (χ2n) is 14.3. The number of anilines is 1. The maximum absolute atomic E-state index is 11.6. The highest BCUT2D eigenvalue weighted by Crippen LogP contribution is 2.43. The van der Waals surface area contributed by atoms with Gasteiger partial charge >= 0.3 is 5.97 Å². The number of aliphatic imine (C=N–C) groups is 3. The summed E-state index contributed by atoms with van der Waals surface area (Å²) in [6.07, 6.45) is 0. The number of carbonyl (C=O) groups is 1. The number of thioether (sulfide) groups is 2. The van der Waals surface area contributed by atoms with Crippen LogP contribution in [-0.2, 0) is 10.8 Å². The molecule has 0 atom stereocenters. The highest BCUT2D eigenvalue weighted by atomic mass is 32.2. The number of hydrogen-bond donors (Lipinski definition) is 7. The van der Waals surface area contributed by atoms with Gasteiger partial charge in [0.15, 0.2) is 0 Å². The summed E-state index contributed by atoms with van der Waals surface area (Å²) >= 11 is 2.83. The average molecular weight is 757 g/mol. The fraction of sp³-hybridized carbons (Fsp3) is 0.300. The van der Waals surface area contributed by atoms with Crippen LogP contribution in [0.1, 0.15) is 79.7 Å². The van der Waals surface area contributed by atoms with Gasteiger partial charge in [0.2, 0.25) is 17.7 Å². The summed E-state index contributed by atoms with van der Waals surface area (Å²) in [6, 6.07) is 20.0. The van der Waals surface area contributed by atoms with Gasteiger partial charge in [0.05, 0.1) is 32.4 Å². The Labute approximate surface area is 319 Å². The number of nitrogens with zero attached hydrogens (tertiary/aromatic N) is 3. The molecule has 4 rings (SSSR count). The molecule has 11 nitrogen and oxygen atoms in total. The Bertz CT molecular complexity index is 2070. The summed E-state index contributed by atoms with van der Waals surface area (Å²) in [6.45, 7) is 13.1. The molecule has 0 aliphatic heterocycles. The van der Waals surface area contributed by atoms with E-state index in [1.165, 1.54) is 41.7 Å². The predicted octanol–water partition coefficient (Wildman–Crippen LogP) is 8.57. The Morgan fingerprint density at radius 3 is 1.34 bits per heavy atom. The molecule has 0 amide bonds. The van der Waals surface area contributed by atoms with Gasteiger partial charge in [-0.25, -0.2) is 19.8 Å². The Kier molecular flexibility index (Phi) is 13.4. The molecular weight excluding hydrogens is 709 g/mol. The fourth-order valence-electron chi connectivity index (χ4n) is 5.10. The second-order valence-corrected chi connectivity index (χ2v) is 16.5. The first kappa shape index (κ1) is 40.9. The van der Waals surface area contributed by atoms with Crippen molar-refractivity contribution in [2.45, 2.75) is 62.2 Å². The molecule has 0 bridgehead atoms. The van der Waals surface area contributed by atoms with Crippen molar-refractivity contribution in [1.29, 1.82) is 0 Å². The van der Waals surface area contributed by atoms with Gasteiger partial charge in [0.1, 0.15) is 0 Å². The second kappa shape index (κ2) is 17.3. The number of aromatic carboxylic acids is 1. The molecule has 0 saturated carbocycles. The third-order valence-corrected chi connectivity index (χ3v) is 10.4. The summed E-state index contributed by atoms with van der Waals surface area (Å²) < 4.78 is 0. The molecule has 0 aromatic heterocycles. The van der Waals surface area contributed by atoms with Gasteiger partial charge in [-0.15, -0.1) is 23.5 Å². The number of rotatable bonds is 13. The quantitative estimate of drug-likeness (QED) is 0.0299. The molecule has 0 radical (unpaired) electrons. The zero-order valence-electron chi connectivity index (χ0n) is 30.8. The van der Waals surface area contributed by atoms with Gasteiger partial charge in [-0.3, -0.25) is 0 Å². The van der Waals surface area contributed by atoms with Crippen LogP contribution >= 0.6 is 23.5 Å². The van der Waals surface area contributed by atoms with Crippen LogP contribution in [0, 0.1) is 0 Å². The first-order valence-corrected chi connectivity index (χ1v) is 19.0. The van der Waals surface area contributed by atoms with Gasteiger partial charge in [-0.1, -0.05) is 53.7 Å². The number of aliphatic hydroxyl groups is 3. The van der Waals surface area contributed by atoms with E-state index in [0.29, 0.717) is 63.4 Å². The third kappa shape index (κ3) is 10.6. The number of nitrogen functional groups attached to an aromatic ring is 1. The highest BCUT2D eigenvalue weighted by Gasteiger charge is 2.22. The molecular formula is C40H48N6O5S2. The number of carboxylic acid groups (broad SMARTS) is 1. The molecule has 0 heterocycles. The largest absolute Gasteiger partial charge is 0.493 e. The Morgan fingerprint density at radius 2 is 0.943 bits per heavy atom. The SMILES string of the molecule is CC(C)(C)c1cc(N)c(SCCN)c(N=C(O)c2cccc(C(O)=Nc3cc(C(C)(C)C)cc(N=C(O)c4cccc(C(=O)O)c4)c3SCCN)c2)c1. The highest BCUT2D eigenvalue weighted by molar-refractivity contribution is 7.99. The molecule has 4 aromatic carbocycles. The van der Waals surface area contributed by atoms with Gasteiger partial charge in [-0.2, -0.15) is 0 Å². The van der Waals surface area contributed by atoms with Crippen molar-refractivity contribution >= 4 is 69.9 Å². The van der Waals surface area contributed by atoms with Crippen LogP contribution in [0.5, 0.6) is 0 Å². The van der Waals surface area contributed by atoms with Crippen LogP contribution in [-0.4, -0.2) is 68.7 Å². The summed E-state index contributed by atoms with van der Waals surface area (Å²) in [4.78, 5) is 26.6. The van der Waals surface area contributed by atoms with E-state index in [0.717, 1.165) is 16.0 Å². The molecule has 0 spiro atoms. The predicted molar refractivity (Wildman–Crippen MR) is 221 cm³/mol. The topological polar surface area (TPSA) is 213 Å². The number of aliphatic hydroxyl groups excluding tert-OH is 3. The number of nitrogens with two attached hydrogens (primary N) is 3. The minimum absolute atomic E-state index is 0.00688. The molecule has 10 N–H and O–H groups in total. The van der Waals surface area contributed by atoms with E-state index >= 15 is 0 Å². The van der Waals surface area contributed by atoms with E-state index in [4.69, 9.17) is 17.2 Å². The molecule has 0 saturated heterocycles. The van der Waals surface area contributed by atoms with Gasteiger partial charge in [-0.05, 0) is 82.6 Å². The minimum atomic E-state index is -1.13. The van der Waals surface area contributed by atoms with E-state index < -0.39 is 5.97 Å². The summed E-state index contributed by atoms with van der Waals surface area (Å²) in [5.41, 5.74) is 22.0. The molecule has 13 heteroatoms. The zero-order chi connectivity index (χ0) is 39.1. The lowest BCUT2D eigenvalue weighted by molar-refractivity contribution is 0.0697. The van der Waals surface area contributed by atoms with Crippen LogP contribution in [0.4, 0.5) is 22.7 Å². The molecule has 0 aliphatic rings. The lowest BCUT2D eigenvalue weighted by atomic mass is 9.86. The van der Waals surface area contributed by atoms with E-state index in [2.05, 4.69) is 35.7 Å². The summed E-state index contributed by atoms with van der Waals surface area (Å²) in [5.74, 6) is -0.999. The standard InChI is InChI=1S/C40H48N6O5S2/c1-39(2,3)27-19-29(43)33(52-15-13-41)30(20-27)44-35(47)23-9-7-10-24(17-23)36(48)45-31-21-28(40(4,5)6)22-32(34(31)53-16-14-42)46-37(49)25-11-8-12-26(18-25)38(50)51/h7-12,17-22H,13-16,41-43H2,1-6H3,(H,44,47)(H,45,48)(H,46,49)(H,50,51). The third-order valence-electron chi connectivity index (χ3n) is 8.03. The van der Waals surface area contributed by atoms with E-state index in [1.54, 1.807) is 30.3 Å². The normalized spacial score (nSPS) is 13.0. The summed E-state index contributed by atoms with van der Waals surface area (Å²) in [7, 11) is 0. The van der Waals surface area contributed by atoms with Crippen LogP contribution in [0.15, 0.2) is 97.6 Å². The van der Waals surface area contributed by atoms with Crippen molar-refractivity contribution in [3.8, 4) is 0 Å². The molecule has 0 aliphatic carbocycles. The number of benzene rings is 4. The molecule has 280 valence electrons. The van der Waals surface area contributed by atoms with Crippen molar-refractivity contribution in [2.24, 2.45) is 26.4 Å². The van der Waals surface area contributed by atoms with Crippen molar-refractivity contribution in [2.75, 3.05) is 30.3 Å². The van der Waals surface area contributed by atoms with Crippen LogP contribution in [0.3, 0.4) is 0 Å². The van der Waals surface area contributed by atoms with Crippen molar-refractivity contribution < 1.29 is 25.2 Å². The molecule has 4 aromatic rings. The Balaban J connectivity index is 1.84. The Morgan fingerprint density at radius 1 is 0.585 bits per heavy atom. The number of hydrogen-bond acceptors (Lipinski definition) is 9. The molecule has 0 fully saturated rings. The number of carboxylic acids is 1. The first-order valence-electron chi connectivity index (χ1n) is 17.0. The van der Waals surface area contributed by atoms with Crippen LogP contribution in [0.25, 0.3) is 0 Å². The molecule has 0 unspecified atom stereocenters. The minimum Gasteiger partial charge on any atom is -0.493 e. The Hall–Kier alpha value is -4.82. The van der Waals surface area contributed by atoms with E-state index in [9.17, 15) is 25.2 Å². The fourth-order valence-corrected chi connectivity index (χ4v) is 6.73. The first-order chi connectivity index (χ1) is 24.9. The average Bonchev–Trinajstić information content (AvgIpc) is 3.10. The van der Waals surface area contributed by atoms with Gasteiger partial charge in [0, 0.05) is 47.0 Å². The van der Waals surface area contributed by atoms with Crippen molar-refractivity contribution in [3.63, 3.8) is 0 Å².